The fraction of sp³-hybridized carbons (Fsp3) is 0.667. The fourth-order valence-electron chi connectivity index (χ4n) is 7.89. The molecule has 0 aromatic heterocycles. The third kappa shape index (κ3) is 4.56. The Kier molecular flexibility index (Phi) is 7.76. The van der Waals surface area contributed by atoms with Gasteiger partial charge in [0.2, 0.25) is 0 Å². The molecule has 3 aliphatic carbocycles. The Morgan fingerprint density at radius 1 is 1.13 bits per heavy atom. The second-order valence-electron chi connectivity index (χ2n) is 12.2. The van der Waals surface area contributed by atoms with Crippen LogP contribution < -0.4 is 0 Å². The number of hydrogen-bond donors (Lipinski definition) is 0. The van der Waals surface area contributed by atoms with E-state index in [9.17, 15) is 18.0 Å². The molecule has 4 rings (SSSR count). The number of carbonyl (C=O) groups excluding carboxylic acids is 2. The molecular formula is C30H42O7S. The summed E-state index contributed by atoms with van der Waals surface area (Å²) in [6.07, 6.45) is 4.85. The van der Waals surface area contributed by atoms with Crippen LogP contribution in [0.25, 0.3) is 0 Å². The number of benzene rings is 1. The molecule has 0 saturated heterocycles. The smallest absolute Gasteiger partial charge is 0.333 e. The van der Waals surface area contributed by atoms with Gasteiger partial charge in [-0.2, -0.15) is 8.42 Å². The Morgan fingerprint density at radius 3 is 2.37 bits per heavy atom. The number of allylic oxidation sites excluding steroid dienone is 1. The zero-order valence-corrected chi connectivity index (χ0v) is 24.3. The van der Waals surface area contributed by atoms with Gasteiger partial charge >= 0.3 is 5.97 Å². The molecule has 0 spiro atoms. The molecule has 7 nitrogen and oxygen atoms in total. The Morgan fingerprint density at radius 2 is 1.76 bits per heavy atom. The van der Waals surface area contributed by atoms with Crippen LogP contribution in [-0.2, 0) is 33.4 Å². The molecule has 1 aromatic carbocycles. The van der Waals surface area contributed by atoms with Crippen molar-refractivity contribution in [3.8, 4) is 0 Å². The lowest BCUT2D eigenvalue weighted by atomic mass is 9.44. The first kappa shape index (κ1) is 29.0. The third-order valence-corrected chi connectivity index (χ3v) is 11.7. The molecule has 0 amide bonds. The van der Waals surface area contributed by atoms with Crippen molar-refractivity contribution in [2.45, 2.75) is 83.8 Å². The van der Waals surface area contributed by atoms with Gasteiger partial charge in [-0.15, -0.1) is 6.58 Å². The minimum Gasteiger partial charge on any atom is -0.460 e. The third-order valence-electron chi connectivity index (χ3n) is 10.5. The number of Topliss-reactive ketones (excluding diaryl/α,β-unsaturated/α-hetero) is 1. The summed E-state index contributed by atoms with van der Waals surface area (Å²) >= 11 is 0. The molecule has 2 bridgehead atoms. The summed E-state index contributed by atoms with van der Waals surface area (Å²) in [5.74, 6) is -0.616. The lowest BCUT2D eigenvalue weighted by molar-refractivity contribution is -0.205. The van der Waals surface area contributed by atoms with Crippen molar-refractivity contribution in [2.75, 3.05) is 13.7 Å². The average molecular weight is 547 g/mol. The quantitative estimate of drug-likeness (QED) is 0.261. The van der Waals surface area contributed by atoms with Crippen molar-refractivity contribution in [3.63, 3.8) is 0 Å². The highest BCUT2D eigenvalue weighted by Gasteiger charge is 2.68. The molecule has 3 fully saturated rings. The fourth-order valence-corrected chi connectivity index (χ4v) is 8.74. The predicted octanol–water partition coefficient (Wildman–Crippen LogP) is 5.26. The van der Waals surface area contributed by atoms with Gasteiger partial charge in [0.05, 0.1) is 11.0 Å². The van der Waals surface area contributed by atoms with Crippen LogP contribution in [0.15, 0.2) is 41.8 Å². The van der Waals surface area contributed by atoms with Crippen LogP contribution >= 0.6 is 0 Å². The first-order chi connectivity index (χ1) is 17.7. The predicted molar refractivity (Wildman–Crippen MR) is 144 cm³/mol. The average Bonchev–Trinajstić information content (AvgIpc) is 3.29. The van der Waals surface area contributed by atoms with Gasteiger partial charge in [0, 0.05) is 36.2 Å². The van der Waals surface area contributed by atoms with Crippen molar-refractivity contribution in [1.82, 2.24) is 0 Å². The van der Waals surface area contributed by atoms with Crippen LogP contribution in [0.2, 0.25) is 0 Å². The Bertz CT molecular complexity index is 1190. The first-order valence-electron chi connectivity index (χ1n) is 13.6. The van der Waals surface area contributed by atoms with Crippen LogP contribution in [0.5, 0.6) is 0 Å². The van der Waals surface area contributed by atoms with Gasteiger partial charge in [0.15, 0.2) is 6.61 Å². The molecule has 8 atom stereocenters. The number of hydrogen-bond acceptors (Lipinski definition) is 7. The van der Waals surface area contributed by atoms with E-state index in [1.54, 1.807) is 25.3 Å². The van der Waals surface area contributed by atoms with Gasteiger partial charge in [-0.1, -0.05) is 44.5 Å². The molecule has 1 unspecified atom stereocenters. The highest BCUT2D eigenvalue weighted by Crippen LogP contribution is 2.68. The summed E-state index contributed by atoms with van der Waals surface area (Å²) < 4.78 is 42.6. The van der Waals surface area contributed by atoms with Gasteiger partial charge in [-0.05, 0) is 63.0 Å². The molecule has 0 aliphatic heterocycles. The van der Waals surface area contributed by atoms with Crippen molar-refractivity contribution >= 4 is 21.9 Å². The summed E-state index contributed by atoms with van der Waals surface area (Å²) in [4.78, 5) is 27.1. The molecule has 3 saturated carbocycles. The minimum absolute atomic E-state index is 0.0204. The van der Waals surface area contributed by atoms with Crippen LogP contribution in [0.1, 0.15) is 65.4 Å². The lowest BCUT2D eigenvalue weighted by Crippen LogP contribution is -2.63. The van der Waals surface area contributed by atoms with Gasteiger partial charge in [0.1, 0.15) is 11.9 Å². The molecule has 0 N–H and O–H groups in total. The Balaban J connectivity index is 1.67. The summed E-state index contributed by atoms with van der Waals surface area (Å²) in [6, 6.07) is 6.23. The van der Waals surface area contributed by atoms with Crippen molar-refractivity contribution in [2.24, 2.45) is 34.0 Å². The van der Waals surface area contributed by atoms with E-state index in [4.69, 9.17) is 13.7 Å². The first-order valence-corrected chi connectivity index (χ1v) is 15.0. The number of carbonyl (C=O) groups is 2. The normalized spacial score (nSPS) is 39.1. The molecule has 0 heterocycles. The summed E-state index contributed by atoms with van der Waals surface area (Å²) in [7, 11) is -2.41. The zero-order valence-electron chi connectivity index (χ0n) is 23.5. The molecule has 38 heavy (non-hydrogen) atoms. The maximum atomic E-state index is 14.0. The lowest BCUT2D eigenvalue weighted by Gasteiger charge is -2.61. The van der Waals surface area contributed by atoms with Crippen LogP contribution in [0.3, 0.4) is 0 Å². The Hall–Kier alpha value is -2.03. The highest BCUT2D eigenvalue weighted by atomic mass is 32.2. The van der Waals surface area contributed by atoms with Crippen molar-refractivity contribution < 1.29 is 31.7 Å². The second-order valence-corrected chi connectivity index (χ2v) is 13.9. The molecular weight excluding hydrogens is 504 g/mol. The minimum atomic E-state index is -4.13. The van der Waals surface area contributed by atoms with E-state index >= 15 is 0 Å². The maximum absolute atomic E-state index is 14.0. The van der Waals surface area contributed by atoms with E-state index < -0.39 is 39.6 Å². The summed E-state index contributed by atoms with van der Waals surface area (Å²) in [5.41, 5.74) is -0.713. The molecule has 8 heteroatoms. The van der Waals surface area contributed by atoms with Gasteiger partial charge in [-0.3, -0.25) is 8.98 Å². The SMILES string of the molecule is C=C[C@@]1(C)C[C@@H](OC(=O)COS(=O)(=O)c2ccc(C)cc2)[C@]2(C)C(C)CC[C@]3(CC[C@@H](OC)[C@H]32)[C@@H](C)C1=O. The van der Waals surface area contributed by atoms with Crippen LogP contribution in [0, 0.1) is 40.9 Å². The number of esters is 1. The monoisotopic (exact) mass is 546 g/mol. The van der Waals surface area contributed by atoms with E-state index in [0.29, 0.717) is 0 Å². The number of ether oxygens (including phenoxy) is 2. The van der Waals surface area contributed by atoms with E-state index in [0.717, 1.165) is 31.2 Å². The number of rotatable bonds is 7. The maximum Gasteiger partial charge on any atom is 0.333 e. The highest BCUT2D eigenvalue weighted by molar-refractivity contribution is 7.86. The Labute approximate surface area is 227 Å². The van der Waals surface area contributed by atoms with E-state index in [-0.39, 0.29) is 46.4 Å². The topological polar surface area (TPSA) is 96.0 Å². The molecule has 1 aromatic rings. The zero-order chi connectivity index (χ0) is 28.1. The van der Waals surface area contributed by atoms with Crippen molar-refractivity contribution in [3.05, 3.63) is 42.5 Å². The molecule has 210 valence electrons. The van der Waals surface area contributed by atoms with E-state index in [2.05, 4.69) is 27.4 Å². The van der Waals surface area contributed by atoms with Gasteiger partial charge < -0.3 is 9.47 Å². The summed E-state index contributed by atoms with van der Waals surface area (Å²) in [6.45, 7) is 13.4. The second kappa shape index (κ2) is 10.2. The summed E-state index contributed by atoms with van der Waals surface area (Å²) in [5, 5.41) is 0. The number of ketones is 1. The van der Waals surface area contributed by atoms with Gasteiger partial charge in [-0.25, -0.2) is 4.79 Å². The van der Waals surface area contributed by atoms with Crippen LogP contribution in [0.4, 0.5) is 0 Å². The largest absolute Gasteiger partial charge is 0.460 e. The van der Waals surface area contributed by atoms with E-state index in [1.807, 2.05) is 13.8 Å². The van der Waals surface area contributed by atoms with E-state index in [1.165, 1.54) is 12.1 Å². The van der Waals surface area contributed by atoms with Crippen LogP contribution in [-0.4, -0.2) is 46.1 Å². The molecule has 3 aliphatic rings. The van der Waals surface area contributed by atoms with Crippen molar-refractivity contribution in [1.29, 1.82) is 0 Å². The standard InChI is InChI=1S/C30H42O7S/c1-8-28(5)17-24(37-25(31)18-36-38(33,34)22-11-9-19(2)10-12-22)29(6)20(3)13-15-30(21(4)27(28)32)16-14-23(35-7)26(29)30/h8-12,20-21,23-24,26H,1,13-18H2,2-7H3/t20?,21-,23+,24+,26-,28-,29-,30-/m0/s1. The number of aryl methyl sites for hydroxylation is 1. The number of methoxy groups -OCH3 is 1. The molecule has 0 radical (unpaired) electrons. The van der Waals surface area contributed by atoms with Gasteiger partial charge in [0.25, 0.3) is 10.1 Å².